The van der Waals surface area contributed by atoms with Crippen LogP contribution in [0.4, 0.5) is 16.2 Å². The number of rotatable bonds is 7. The number of hydrogen-bond donors (Lipinski definition) is 2. The number of nitrogens with one attached hydrogen (secondary N) is 2. The molecule has 0 saturated carbocycles. The van der Waals surface area contributed by atoms with E-state index in [1.54, 1.807) is 20.8 Å². The van der Waals surface area contributed by atoms with Crippen molar-refractivity contribution in [3.8, 4) is 0 Å². The number of sulfonamides is 1. The second kappa shape index (κ2) is 10.0. The highest BCUT2D eigenvalue weighted by atomic mass is 32.2. The van der Waals surface area contributed by atoms with Gasteiger partial charge in [-0.25, -0.2) is 26.4 Å². The van der Waals surface area contributed by atoms with Gasteiger partial charge >= 0.3 is 12.1 Å². The smallest absolute Gasteiger partial charge is 0.412 e. The van der Waals surface area contributed by atoms with Crippen LogP contribution in [0.3, 0.4) is 0 Å². The maximum Gasteiger partial charge on any atom is 0.412 e. The highest BCUT2D eigenvalue weighted by molar-refractivity contribution is 7.93. The van der Waals surface area contributed by atoms with Crippen LogP contribution >= 0.6 is 0 Å². The molecular weight excluding hydrogens is 484 g/mol. The minimum atomic E-state index is -4.16. The number of hydrogen-bond acceptors (Lipinski definition) is 8. The van der Waals surface area contributed by atoms with Gasteiger partial charge in [0, 0.05) is 6.26 Å². The Balaban J connectivity index is 2.46. The first-order valence-corrected chi connectivity index (χ1v) is 13.5. The molecule has 0 heterocycles. The topological polar surface area (TPSA) is 145 Å². The van der Waals surface area contributed by atoms with Crippen LogP contribution in [0.5, 0.6) is 0 Å². The molecule has 0 saturated heterocycles. The SMILES string of the molecule is COC(=O)c1cccc(C(C)S(=O)(=O)Nc2cc(S(C)(=O)=O)ccc2NC(=O)OC(C)(C)C)c1. The third kappa shape index (κ3) is 7.19. The molecule has 1 atom stereocenters. The molecule has 2 aromatic carbocycles. The lowest BCUT2D eigenvalue weighted by Crippen LogP contribution is -2.28. The lowest BCUT2D eigenvalue weighted by molar-refractivity contribution is 0.0598. The minimum absolute atomic E-state index is 0.000682. The molecule has 0 aliphatic rings. The quantitative estimate of drug-likeness (QED) is 0.534. The van der Waals surface area contributed by atoms with Gasteiger partial charge in [0.25, 0.3) is 0 Å². The zero-order valence-corrected chi connectivity index (χ0v) is 21.3. The highest BCUT2D eigenvalue weighted by Crippen LogP contribution is 2.31. The van der Waals surface area contributed by atoms with Crippen molar-refractivity contribution in [2.24, 2.45) is 0 Å². The molecule has 0 spiro atoms. The monoisotopic (exact) mass is 512 g/mol. The number of carbonyl (C=O) groups is 2. The normalized spacial score (nSPS) is 13.0. The predicted molar refractivity (Wildman–Crippen MR) is 128 cm³/mol. The molecule has 0 radical (unpaired) electrons. The van der Waals surface area contributed by atoms with Gasteiger partial charge in [-0.15, -0.1) is 0 Å². The van der Waals surface area contributed by atoms with E-state index in [0.29, 0.717) is 5.56 Å². The van der Waals surface area contributed by atoms with Crippen LogP contribution < -0.4 is 10.0 Å². The number of sulfone groups is 1. The summed E-state index contributed by atoms with van der Waals surface area (Å²) >= 11 is 0. The lowest BCUT2D eigenvalue weighted by Gasteiger charge is -2.22. The van der Waals surface area contributed by atoms with Crippen molar-refractivity contribution < 1.29 is 35.9 Å². The summed E-state index contributed by atoms with van der Waals surface area (Å²) in [5.74, 6) is -0.621. The van der Waals surface area contributed by atoms with E-state index < -0.39 is 42.8 Å². The van der Waals surface area contributed by atoms with Gasteiger partial charge in [-0.05, 0) is 63.6 Å². The third-order valence-corrected chi connectivity index (χ3v) is 7.37. The van der Waals surface area contributed by atoms with E-state index in [1.165, 1.54) is 50.4 Å². The summed E-state index contributed by atoms with van der Waals surface area (Å²) in [6.07, 6.45) is 0.126. The molecular formula is C22H28N2O8S2. The Bertz CT molecular complexity index is 1300. The van der Waals surface area contributed by atoms with Crippen molar-refractivity contribution in [2.45, 2.75) is 43.4 Å². The van der Waals surface area contributed by atoms with Gasteiger partial charge in [0.15, 0.2) is 9.84 Å². The number of ether oxygens (including phenoxy) is 2. The Morgan fingerprint density at radius 1 is 0.971 bits per heavy atom. The molecule has 2 rings (SSSR count). The molecule has 186 valence electrons. The Morgan fingerprint density at radius 3 is 2.18 bits per heavy atom. The average Bonchev–Trinajstić information content (AvgIpc) is 2.71. The minimum Gasteiger partial charge on any atom is -0.465 e. The molecule has 0 aromatic heterocycles. The van der Waals surface area contributed by atoms with Gasteiger partial charge in [0.1, 0.15) is 10.9 Å². The Hall–Kier alpha value is -3.12. The van der Waals surface area contributed by atoms with Gasteiger partial charge in [0.05, 0.1) is 28.9 Å². The molecule has 0 aliphatic carbocycles. The molecule has 12 heteroatoms. The molecule has 1 amide bonds. The van der Waals surface area contributed by atoms with Gasteiger partial charge in [-0.2, -0.15) is 0 Å². The van der Waals surface area contributed by atoms with Crippen LogP contribution in [-0.2, 0) is 29.3 Å². The van der Waals surface area contributed by atoms with E-state index in [4.69, 9.17) is 4.74 Å². The largest absolute Gasteiger partial charge is 0.465 e. The van der Waals surface area contributed by atoms with Crippen LogP contribution in [0.25, 0.3) is 0 Å². The maximum absolute atomic E-state index is 13.2. The summed E-state index contributed by atoms with van der Waals surface area (Å²) in [5.41, 5.74) is -0.495. The number of benzene rings is 2. The van der Waals surface area contributed by atoms with Crippen LogP contribution in [0, 0.1) is 0 Å². The second-order valence-electron chi connectivity index (χ2n) is 8.51. The summed E-state index contributed by atoms with van der Waals surface area (Å²) in [4.78, 5) is 23.9. The number of amides is 1. The van der Waals surface area contributed by atoms with Crippen molar-refractivity contribution in [1.82, 2.24) is 0 Å². The van der Waals surface area contributed by atoms with Crippen LogP contribution in [0.15, 0.2) is 47.4 Å². The summed E-state index contributed by atoms with van der Waals surface area (Å²) in [7, 11) is -6.62. The molecule has 0 aliphatic heterocycles. The van der Waals surface area contributed by atoms with Crippen LogP contribution in [-0.4, -0.2) is 47.9 Å². The first-order chi connectivity index (χ1) is 15.5. The molecule has 2 N–H and O–H groups in total. The third-order valence-electron chi connectivity index (χ3n) is 4.55. The first-order valence-electron chi connectivity index (χ1n) is 10.1. The standard InChI is InChI=1S/C22H28N2O8S2/c1-14(15-8-7-9-16(12-15)20(25)31-5)34(29,30)24-19-13-17(33(6,27)28)10-11-18(19)23-21(26)32-22(2,3)4/h7-14,24H,1-6H3,(H,23,26). The summed E-state index contributed by atoms with van der Waals surface area (Å²) in [6, 6.07) is 9.54. The fourth-order valence-electron chi connectivity index (χ4n) is 2.82. The number of esters is 1. The van der Waals surface area contributed by atoms with Gasteiger partial charge in [0.2, 0.25) is 10.0 Å². The second-order valence-corrected chi connectivity index (χ2v) is 12.5. The first kappa shape index (κ1) is 27.1. The molecule has 2 aromatic rings. The van der Waals surface area contributed by atoms with E-state index in [2.05, 4.69) is 14.8 Å². The van der Waals surface area contributed by atoms with Gasteiger partial charge in [-0.1, -0.05) is 12.1 Å². The molecule has 0 bridgehead atoms. The van der Waals surface area contributed by atoms with Crippen LogP contribution in [0.2, 0.25) is 0 Å². The predicted octanol–water partition coefficient (Wildman–Crippen LogP) is 3.73. The van der Waals surface area contributed by atoms with Crippen molar-refractivity contribution >= 4 is 43.3 Å². The fraction of sp³-hybridized carbons (Fsp3) is 0.364. The van der Waals surface area contributed by atoms with E-state index in [0.717, 1.165) is 12.3 Å². The van der Waals surface area contributed by atoms with Crippen molar-refractivity contribution in [1.29, 1.82) is 0 Å². The number of carbonyl (C=O) groups excluding carboxylic acids is 2. The van der Waals surface area contributed by atoms with E-state index >= 15 is 0 Å². The van der Waals surface area contributed by atoms with Crippen molar-refractivity contribution in [3.05, 3.63) is 53.6 Å². The Labute approximate surface area is 199 Å². The van der Waals surface area contributed by atoms with Crippen LogP contribution in [0.1, 0.15) is 48.9 Å². The molecule has 0 fully saturated rings. The summed E-state index contributed by atoms with van der Waals surface area (Å²) in [6.45, 7) is 6.38. The summed E-state index contributed by atoms with van der Waals surface area (Å²) in [5, 5.41) is 1.29. The molecule has 34 heavy (non-hydrogen) atoms. The Kier molecular flexibility index (Phi) is 7.99. The van der Waals surface area contributed by atoms with E-state index in [1.807, 2.05) is 0 Å². The van der Waals surface area contributed by atoms with Crippen molar-refractivity contribution in [3.63, 3.8) is 0 Å². The van der Waals surface area contributed by atoms with Gasteiger partial charge < -0.3 is 9.47 Å². The van der Waals surface area contributed by atoms with Crippen molar-refractivity contribution in [2.75, 3.05) is 23.4 Å². The molecule has 1 unspecified atom stereocenters. The zero-order chi connectivity index (χ0) is 25.9. The van der Waals surface area contributed by atoms with E-state index in [-0.39, 0.29) is 21.8 Å². The maximum atomic E-state index is 13.2. The number of anilines is 2. The van der Waals surface area contributed by atoms with E-state index in [9.17, 15) is 26.4 Å². The highest BCUT2D eigenvalue weighted by Gasteiger charge is 2.26. The lowest BCUT2D eigenvalue weighted by atomic mass is 10.1. The summed E-state index contributed by atoms with van der Waals surface area (Å²) < 4.78 is 62.6. The molecule has 10 nitrogen and oxygen atoms in total. The Morgan fingerprint density at radius 2 is 1.62 bits per heavy atom. The fourth-order valence-corrected chi connectivity index (χ4v) is 4.62. The number of methoxy groups -OCH3 is 1. The zero-order valence-electron chi connectivity index (χ0n) is 19.7. The van der Waals surface area contributed by atoms with Gasteiger partial charge in [-0.3, -0.25) is 10.0 Å². The average molecular weight is 513 g/mol.